The molecule has 0 unspecified atom stereocenters. The molecule has 0 fully saturated rings. The van der Waals surface area contributed by atoms with E-state index in [1.165, 1.54) is 44.1 Å². The Bertz CT molecular complexity index is 899. The number of anilines is 3. The first-order chi connectivity index (χ1) is 14.6. The van der Waals surface area contributed by atoms with Crippen LogP contribution >= 0.6 is 0 Å². The Morgan fingerprint density at radius 3 is 2.77 bits per heavy atom. The predicted octanol–water partition coefficient (Wildman–Crippen LogP) is 5.94. The van der Waals surface area contributed by atoms with E-state index in [2.05, 4.69) is 67.5 Å². The maximum Gasteiger partial charge on any atom is 0.159 e. The number of aromatic nitrogens is 2. The van der Waals surface area contributed by atoms with E-state index in [1.807, 2.05) is 5.57 Å². The minimum Gasteiger partial charge on any atom is -0.382 e. The molecule has 2 atom stereocenters. The lowest BCUT2D eigenvalue weighted by atomic mass is 9.55. The lowest BCUT2D eigenvalue weighted by molar-refractivity contribution is 0.169. The van der Waals surface area contributed by atoms with Crippen LogP contribution < -0.4 is 15.5 Å². The highest BCUT2D eigenvalue weighted by molar-refractivity contribution is 5.81. The van der Waals surface area contributed by atoms with Crippen LogP contribution in [0.3, 0.4) is 0 Å². The summed E-state index contributed by atoms with van der Waals surface area (Å²) in [6.07, 6.45) is 13.0. The molecular formula is C26H41N5. The van der Waals surface area contributed by atoms with Crippen molar-refractivity contribution in [2.75, 3.05) is 35.8 Å². The summed E-state index contributed by atoms with van der Waals surface area (Å²) < 4.78 is 0. The lowest BCUT2D eigenvalue weighted by Crippen LogP contribution is -2.37. The molecule has 3 aliphatic rings. The molecule has 4 rings (SSSR count). The maximum atomic E-state index is 6.16. The monoisotopic (exact) mass is 423 g/mol. The van der Waals surface area contributed by atoms with Gasteiger partial charge in [-0.3, -0.25) is 0 Å². The van der Waals surface area contributed by atoms with E-state index >= 15 is 0 Å². The molecular weight excluding hydrogens is 382 g/mol. The van der Waals surface area contributed by atoms with Gasteiger partial charge in [0.15, 0.2) is 11.6 Å². The summed E-state index contributed by atoms with van der Waals surface area (Å²) in [5, 5.41) is 0. The standard InChI is InChI=1S/C26H41N5/c1-18(12-15-31-17-30(6)24-22(31)23(27)28-16-29-24)11-14-26(5)19(2)9-10-20-21(26)8-7-13-25(20,3)4/h12,16,19H,7-11,13-15,17H2,1-6H3,(H2,27,28,29)/b18-12+/t19-,26+/m1/s1. The van der Waals surface area contributed by atoms with Crippen LogP contribution in [0.4, 0.5) is 17.3 Å². The highest BCUT2D eigenvalue weighted by Crippen LogP contribution is 2.56. The Hall–Kier alpha value is -2.04. The maximum absolute atomic E-state index is 6.16. The first-order valence-corrected chi connectivity index (χ1v) is 12.1. The second kappa shape index (κ2) is 8.14. The third-order valence-corrected chi connectivity index (χ3v) is 8.60. The van der Waals surface area contributed by atoms with Crippen molar-refractivity contribution in [1.82, 2.24) is 9.97 Å². The van der Waals surface area contributed by atoms with E-state index in [-0.39, 0.29) is 0 Å². The smallest absolute Gasteiger partial charge is 0.159 e. The van der Waals surface area contributed by atoms with Gasteiger partial charge in [-0.05, 0) is 68.6 Å². The Labute approximate surface area is 188 Å². The Balaban J connectivity index is 1.46. The van der Waals surface area contributed by atoms with Crippen LogP contribution in [0.2, 0.25) is 0 Å². The van der Waals surface area contributed by atoms with Crippen LogP contribution in [0.5, 0.6) is 0 Å². The third-order valence-electron chi connectivity index (χ3n) is 8.60. The molecule has 1 aliphatic heterocycles. The summed E-state index contributed by atoms with van der Waals surface area (Å²) in [5.41, 5.74) is 13.0. The summed E-state index contributed by atoms with van der Waals surface area (Å²) in [5.74, 6) is 2.27. The fraction of sp³-hybridized carbons (Fsp3) is 0.692. The van der Waals surface area contributed by atoms with E-state index in [1.54, 1.807) is 11.9 Å². The summed E-state index contributed by atoms with van der Waals surface area (Å²) in [6, 6.07) is 0. The molecule has 0 radical (unpaired) electrons. The molecule has 1 aromatic rings. The van der Waals surface area contributed by atoms with Crippen LogP contribution in [-0.2, 0) is 0 Å². The molecule has 0 aromatic carbocycles. The second-order valence-corrected chi connectivity index (χ2v) is 11.1. The van der Waals surface area contributed by atoms with Gasteiger partial charge in [-0.2, -0.15) is 0 Å². The van der Waals surface area contributed by atoms with Crippen molar-refractivity contribution in [3.05, 3.63) is 29.1 Å². The van der Waals surface area contributed by atoms with E-state index in [9.17, 15) is 0 Å². The summed E-state index contributed by atoms with van der Waals surface area (Å²) in [7, 11) is 2.06. The Kier molecular flexibility index (Phi) is 5.82. The van der Waals surface area contributed by atoms with Crippen molar-refractivity contribution in [1.29, 1.82) is 0 Å². The van der Waals surface area contributed by atoms with Crippen LogP contribution in [-0.4, -0.2) is 30.2 Å². The van der Waals surface area contributed by atoms with Crippen LogP contribution in [0.15, 0.2) is 29.1 Å². The number of nitrogen functional groups attached to an aromatic ring is 1. The van der Waals surface area contributed by atoms with Crippen LogP contribution in [0, 0.1) is 16.7 Å². The first-order valence-electron chi connectivity index (χ1n) is 12.1. The first kappa shape index (κ1) is 22.2. The number of nitrogens with two attached hydrogens (primary N) is 1. The van der Waals surface area contributed by atoms with Gasteiger partial charge < -0.3 is 15.5 Å². The minimum absolute atomic E-state index is 0.346. The number of allylic oxidation sites excluding steroid dienone is 3. The van der Waals surface area contributed by atoms with E-state index in [0.717, 1.165) is 37.1 Å². The zero-order valence-corrected chi connectivity index (χ0v) is 20.5. The zero-order valence-electron chi connectivity index (χ0n) is 20.5. The van der Waals surface area contributed by atoms with Gasteiger partial charge in [0.05, 0.1) is 6.67 Å². The number of hydrogen-bond acceptors (Lipinski definition) is 5. The molecule has 2 aliphatic carbocycles. The van der Waals surface area contributed by atoms with E-state index < -0.39 is 0 Å². The number of hydrogen-bond donors (Lipinski definition) is 1. The number of nitrogens with zero attached hydrogens (tertiary/aromatic N) is 4. The Morgan fingerprint density at radius 1 is 1.23 bits per heavy atom. The molecule has 0 saturated carbocycles. The highest BCUT2D eigenvalue weighted by atomic mass is 15.4. The second-order valence-electron chi connectivity index (χ2n) is 11.1. The molecule has 2 N–H and O–H groups in total. The van der Waals surface area contributed by atoms with Crippen molar-refractivity contribution in [3.8, 4) is 0 Å². The van der Waals surface area contributed by atoms with Crippen molar-refractivity contribution in [3.63, 3.8) is 0 Å². The molecule has 31 heavy (non-hydrogen) atoms. The van der Waals surface area contributed by atoms with Gasteiger partial charge in [-0.1, -0.05) is 50.5 Å². The summed E-state index contributed by atoms with van der Waals surface area (Å²) in [6.45, 7) is 14.0. The summed E-state index contributed by atoms with van der Waals surface area (Å²) >= 11 is 0. The SMILES string of the molecule is C/C(=C\CN1CN(C)c2ncnc(N)c21)CC[C@]1(C)C2=C(CC[C@H]1C)C(C)(C)CCC2. The molecule has 170 valence electrons. The molecule has 0 amide bonds. The van der Waals surface area contributed by atoms with Crippen molar-refractivity contribution < 1.29 is 0 Å². The van der Waals surface area contributed by atoms with E-state index in [4.69, 9.17) is 5.73 Å². The van der Waals surface area contributed by atoms with E-state index in [0.29, 0.717) is 16.6 Å². The molecule has 0 bridgehead atoms. The molecule has 1 aromatic heterocycles. The fourth-order valence-corrected chi connectivity index (χ4v) is 6.24. The van der Waals surface area contributed by atoms with Crippen molar-refractivity contribution >= 4 is 17.3 Å². The average molecular weight is 424 g/mol. The number of fused-ring (bicyclic) bond motifs is 1. The molecule has 2 heterocycles. The third kappa shape index (κ3) is 3.96. The summed E-state index contributed by atoms with van der Waals surface area (Å²) in [4.78, 5) is 13.0. The average Bonchev–Trinajstić information content (AvgIpc) is 3.05. The zero-order chi connectivity index (χ0) is 22.4. The molecule has 0 spiro atoms. The van der Waals surface area contributed by atoms with Gasteiger partial charge >= 0.3 is 0 Å². The van der Waals surface area contributed by atoms with Crippen molar-refractivity contribution in [2.24, 2.45) is 16.7 Å². The molecule has 5 nitrogen and oxygen atoms in total. The normalized spacial score (nSPS) is 28.1. The topological polar surface area (TPSA) is 58.3 Å². The van der Waals surface area contributed by atoms with Gasteiger partial charge in [-0.15, -0.1) is 0 Å². The van der Waals surface area contributed by atoms with Gasteiger partial charge in [0, 0.05) is 13.6 Å². The van der Waals surface area contributed by atoms with Gasteiger partial charge in [-0.25, -0.2) is 9.97 Å². The molecule has 5 heteroatoms. The highest BCUT2D eigenvalue weighted by Gasteiger charge is 2.44. The van der Waals surface area contributed by atoms with Crippen LogP contribution in [0.25, 0.3) is 0 Å². The van der Waals surface area contributed by atoms with Gasteiger partial charge in [0.2, 0.25) is 0 Å². The van der Waals surface area contributed by atoms with Gasteiger partial charge in [0.1, 0.15) is 12.0 Å². The minimum atomic E-state index is 0.346. The quantitative estimate of drug-likeness (QED) is 0.594. The molecule has 0 saturated heterocycles. The largest absolute Gasteiger partial charge is 0.382 e. The lowest BCUT2D eigenvalue weighted by Gasteiger charge is -2.50. The van der Waals surface area contributed by atoms with Crippen molar-refractivity contribution in [2.45, 2.75) is 79.6 Å². The fourth-order valence-electron chi connectivity index (χ4n) is 6.24. The van der Waals surface area contributed by atoms with Gasteiger partial charge in [0.25, 0.3) is 0 Å². The van der Waals surface area contributed by atoms with Crippen LogP contribution in [0.1, 0.15) is 79.6 Å². The Morgan fingerprint density at radius 2 is 2.00 bits per heavy atom. The number of rotatable bonds is 5. The predicted molar refractivity (Wildman–Crippen MR) is 131 cm³/mol.